The molecule has 3 rings (SSSR count). The zero-order valence-electron chi connectivity index (χ0n) is 17.6. The summed E-state index contributed by atoms with van der Waals surface area (Å²) in [4.78, 5) is 14.4. The molecular weight excluding hydrogens is 430 g/mol. The molecule has 0 aromatic heterocycles. The van der Waals surface area contributed by atoms with Crippen LogP contribution in [0.3, 0.4) is 0 Å². The van der Waals surface area contributed by atoms with Crippen LogP contribution in [0.5, 0.6) is 5.75 Å². The molecule has 1 aromatic rings. The fourth-order valence-corrected chi connectivity index (χ4v) is 5.87. The van der Waals surface area contributed by atoms with Crippen LogP contribution in [0.2, 0.25) is 0 Å². The van der Waals surface area contributed by atoms with E-state index in [1.54, 1.807) is 18.2 Å². The van der Waals surface area contributed by atoms with Crippen molar-refractivity contribution in [2.45, 2.75) is 49.6 Å². The van der Waals surface area contributed by atoms with Crippen LogP contribution in [0.4, 0.5) is 0 Å². The number of esters is 1. The number of ether oxygens (including phenoxy) is 2. The van der Waals surface area contributed by atoms with Crippen molar-refractivity contribution in [3.05, 3.63) is 23.8 Å². The Kier molecular flexibility index (Phi) is 8.93. The van der Waals surface area contributed by atoms with Crippen molar-refractivity contribution >= 4 is 28.4 Å². The lowest BCUT2D eigenvalue weighted by Gasteiger charge is -2.33. The summed E-state index contributed by atoms with van der Waals surface area (Å²) in [5.74, 6) is -0.175. The molecule has 2 aliphatic heterocycles. The van der Waals surface area contributed by atoms with Gasteiger partial charge in [-0.15, -0.1) is 12.4 Å². The second kappa shape index (κ2) is 10.8. The highest BCUT2D eigenvalue weighted by Crippen LogP contribution is 2.34. The van der Waals surface area contributed by atoms with Crippen LogP contribution in [0.1, 0.15) is 31.2 Å². The van der Waals surface area contributed by atoms with Crippen LogP contribution in [-0.4, -0.2) is 75.6 Å². The molecule has 0 saturated carbocycles. The summed E-state index contributed by atoms with van der Waals surface area (Å²) in [5, 5.41) is 0. The second-order valence-electron chi connectivity index (χ2n) is 7.72. The molecule has 170 valence electrons. The summed E-state index contributed by atoms with van der Waals surface area (Å²) in [6, 6.07) is 4.31. The summed E-state index contributed by atoms with van der Waals surface area (Å²) in [5.41, 5.74) is 6.59. The first-order chi connectivity index (χ1) is 13.9. The molecule has 1 aromatic carbocycles. The SMILES string of the molecule is COC(=O)[C@@H]1CCCN1S(=O)(=O)c1ccc(C)cc1O[C@@H]1CCCN(CCN)C1.Cl. The van der Waals surface area contributed by atoms with Gasteiger partial charge in [-0.05, 0) is 56.8 Å². The van der Waals surface area contributed by atoms with E-state index in [2.05, 4.69) is 4.90 Å². The Hall–Kier alpha value is -1.39. The molecule has 0 bridgehead atoms. The number of likely N-dealkylation sites (tertiary alicyclic amines) is 1. The van der Waals surface area contributed by atoms with E-state index in [-0.39, 0.29) is 23.4 Å². The molecule has 2 fully saturated rings. The zero-order chi connectivity index (χ0) is 21.0. The molecule has 0 unspecified atom stereocenters. The van der Waals surface area contributed by atoms with E-state index in [1.807, 2.05) is 6.92 Å². The van der Waals surface area contributed by atoms with Gasteiger partial charge in [0.05, 0.1) is 7.11 Å². The fraction of sp³-hybridized carbons (Fsp3) is 0.650. The Morgan fingerprint density at radius 3 is 2.67 bits per heavy atom. The number of carbonyl (C=O) groups is 1. The average molecular weight is 462 g/mol. The number of carbonyl (C=O) groups excluding carboxylic acids is 1. The maximum absolute atomic E-state index is 13.4. The van der Waals surface area contributed by atoms with E-state index < -0.39 is 22.0 Å². The number of rotatable bonds is 7. The lowest BCUT2D eigenvalue weighted by Crippen LogP contribution is -2.43. The lowest BCUT2D eigenvalue weighted by molar-refractivity contribution is -0.144. The van der Waals surface area contributed by atoms with Gasteiger partial charge in [0.25, 0.3) is 0 Å². The smallest absolute Gasteiger partial charge is 0.324 e. The monoisotopic (exact) mass is 461 g/mol. The van der Waals surface area contributed by atoms with Gasteiger partial charge >= 0.3 is 5.97 Å². The summed E-state index contributed by atoms with van der Waals surface area (Å²) in [7, 11) is -2.61. The molecule has 0 radical (unpaired) electrons. The highest BCUT2D eigenvalue weighted by Gasteiger charge is 2.41. The minimum atomic E-state index is -3.89. The third-order valence-corrected chi connectivity index (χ3v) is 7.51. The molecule has 0 amide bonds. The van der Waals surface area contributed by atoms with Gasteiger partial charge < -0.3 is 15.2 Å². The number of benzene rings is 1. The Labute approximate surface area is 185 Å². The van der Waals surface area contributed by atoms with Crippen LogP contribution < -0.4 is 10.5 Å². The topological polar surface area (TPSA) is 102 Å². The minimum Gasteiger partial charge on any atom is -0.488 e. The molecule has 2 heterocycles. The quantitative estimate of drug-likeness (QED) is 0.614. The molecule has 2 N–H and O–H groups in total. The number of hydrogen-bond donors (Lipinski definition) is 1. The minimum absolute atomic E-state index is 0. The van der Waals surface area contributed by atoms with Gasteiger partial charge in [0.2, 0.25) is 10.0 Å². The molecule has 2 saturated heterocycles. The molecule has 8 nitrogen and oxygen atoms in total. The molecule has 0 spiro atoms. The van der Waals surface area contributed by atoms with E-state index >= 15 is 0 Å². The summed E-state index contributed by atoms with van der Waals surface area (Å²) in [6.07, 6.45) is 2.83. The number of aryl methyl sites for hydroxylation is 1. The van der Waals surface area contributed by atoms with E-state index in [9.17, 15) is 13.2 Å². The van der Waals surface area contributed by atoms with Gasteiger partial charge in [0.1, 0.15) is 22.8 Å². The molecular formula is C20H32ClN3O5S. The number of methoxy groups -OCH3 is 1. The molecule has 2 aliphatic rings. The number of nitrogens with zero attached hydrogens (tertiary/aromatic N) is 2. The number of hydrogen-bond acceptors (Lipinski definition) is 7. The summed E-state index contributed by atoms with van der Waals surface area (Å²) >= 11 is 0. The Morgan fingerprint density at radius 2 is 1.97 bits per heavy atom. The van der Waals surface area contributed by atoms with Crippen molar-refractivity contribution in [3.63, 3.8) is 0 Å². The first kappa shape index (κ1) is 24.9. The third-order valence-electron chi connectivity index (χ3n) is 5.56. The zero-order valence-corrected chi connectivity index (χ0v) is 19.2. The van der Waals surface area contributed by atoms with Crippen molar-refractivity contribution in [1.29, 1.82) is 0 Å². The molecule has 0 aliphatic carbocycles. The predicted octanol–water partition coefficient (Wildman–Crippen LogP) is 1.54. The molecule has 10 heteroatoms. The van der Waals surface area contributed by atoms with Gasteiger partial charge in [0, 0.05) is 26.2 Å². The lowest BCUT2D eigenvalue weighted by atomic mass is 10.1. The Balaban J connectivity index is 0.00000320. The van der Waals surface area contributed by atoms with Gasteiger partial charge in [-0.2, -0.15) is 4.31 Å². The van der Waals surface area contributed by atoms with Crippen LogP contribution >= 0.6 is 12.4 Å². The van der Waals surface area contributed by atoms with E-state index in [1.165, 1.54) is 11.4 Å². The standard InChI is InChI=1S/C20H31N3O5S.ClH/c1-15-7-8-19(29(25,26)23-11-4-6-17(23)20(24)27-2)18(13-15)28-16-5-3-10-22(14-16)12-9-21;/h7-8,13,16-17H,3-6,9-12,14,21H2,1-2H3;1H/t16-,17+;/m1./s1. The van der Waals surface area contributed by atoms with Gasteiger partial charge in [0.15, 0.2) is 0 Å². The van der Waals surface area contributed by atoms with Crippen LogP contribution in [-0.2, 0) is 19.6 Å². The molecule has 30 heavy (non-hydrogen) atoms. The number of halogens is 1. The van der Waals surface area contributed by atoms with Crippen LogP contribution in [0.25, 0.3) is 0 Å². The summed E-state index contributed by atoms with van der Waals surface area (Å²) < 4.78 is 39.1. The van der Waals surface area contributed by atoms with Gasteiger partial charge in [-0.1, -0.05) is 6.07 Å². The van der Waals surface area contributed by atoms with Crippen molar-refractivity contribution < 1.29 is 22.7 Å². The highest BCUT2D eigenvalue weighted by molar-refractivity contribution is 7.89. The maximum Gasteiger partial charge on any atom is 0.324 e. The number of piperidine rings is 1. The Bertz CT molecular complexity index is 834. The van der Waals surface area contributed by atoms with E-state index in [0.29, 0.717) is 31.7 Å². The van der Waals surface area contributed by atoms with Crippen molar-refractivity contribution in [2.24, 2.45) is 5.73 Å². The fourth-order valence-electron chi connectivity index (χ4n) is 4.12. The van der Waals surface area contributed by atoms with Gasteiger partial charge in [-0.3, -0.25) is 9.69 Å². The highest BCUT2D eigenvalue weighted by atomic mass is 35.5. The van der Waals surface area contributed by atoms with Crippen LogP contribution in [0.15, 0.2) is 23.1 Å². The normalized spacial score (nSPS) is 23.0. The van der Waals surface area contributed by atoms with Crippen molar-refractivity contribution in [3.8, 4) is 5.75 Å². The first-order valence-electron chi connectivity index (χ1n) is 10.2. The van der Waals surface area contributed by atoms with E-state index in [4.69, 9.17) is 15.2 Å². The second-order valence-corrected chi connectivity index (χ2v) is 9.58. The van der Waals surface area contributed by atoms with Crippen molar-refractivity contribution in [1.82, 2.24) is 9.21 Å². The third kappa shape index (κ3) is 5.45. The number of nitrogens with two attached hydrogens (primary N) is 1. The first-order valence-corrected chi connectivity index (χ1v) is 11.6. The maximum atomic E-state index is 13.4. The Morgan fingerprint density at radius 1 is 1.23 bits per heavy atom. The molecule has 2 atom stereocenters. The number of sulfonamides is 1. The average Bonchev–Trinajstić information content (AvgIpc) is 3.19. The predicted molar refractivity (Wildman–Crippen MR) is 117 cm³/mol. The summed E-state index contributed by atoms with van der Waals surface area (Å²) in [6.45, 7) is 5.28. The van der Waals surface area contributed by atoms with Gasteiger partial charge in [-0.25, -0.2) is 8.42 Å². The van der Waals surface area contributed by atoms with Crippen molar-refractivity contribution in [2.75, 3.05) is 39.8 Å². The van der Waals surface area contributed by atoms with Crippen LogP contribution in [0, 0.1) is 6.92 Å². The van der Waals surface area contributed by atoms with E-state index in [0.717, 1.165) is 38.0 Å². The largest absolute Gasteiger partial charge is 0.488 e.